The van der Waals surface area contributed by atoms with Crippen molar-refractivity contribution in [2.45, 2.75) is 44.7 Å². The number of rotatable bonds is 7. The van der Waals surface area contributed by atoms with E-state index in [0.29, 0.717) is 34.6 Å². The largest absolute Gasteiger partial charge is 0.496 e. The van der Waals surface area contributed by atoms with Gasteiger partial charge in [-0.3, -0.25) is 4.79 Å². The number of ether oxygens (including phenoxy) is 1. The summed E-state index contributed by atoms with van der Waals surface area (Å²) in [7, 11) is 3.67. The summed E-state index contributed by atoms with van der Waals surface area (Å²) in [5.74, 6) is 0.122. The van der Waals surface area contributed by atoms with Gasteiger partial charge in [0.1, 0.15) is 12.1 Å². The maximum absolute atomic E-state index is 12.8. The van der Waals surface area contributed by atoms with Crippen molar-refractivity contribution in [3.63, 3.8) is 0 Å². The average molecular weight is 455 g/mol. The fourth-order valence-corrected chi connectivity index (χ4v) is 4.39. The summed E-state index contributed by atoms with van der Waals surface area (Å²) < 4.78 is 6.82. The van der Waals surface area contributed by atoms with Gasteiger partial charge in [-0.15, -0.1) is 5.10 Å². The molecule has 1 fully saturated rings. The first-order valence-electron chi connectivity index (χ1n) is 10.8. The van der Waals surface area contributed by atoms with E-state index in [2.05, 4.69) is 57.1 Å². The number of amides is 1. The molecule has 1 N–H and O–H groups in total. The Morgan fingerprint density at radius 1 is 1.22 bits per heavy atom. The second kappa shape index (κ2) is 9.99. The molecule has 1 aliphatic rings. The molecule has 0 bridgehead atoms. The van der Waals surface area contributed by atoms with E-state index in [9.17, 15) is 4.79 Å². The molecule has 0 radical (unpaired) electrons. The minimum Gasteiger partial charge on any atom is -0.496 e. The fraction of sp³-hybridized carbons (Fsp3) is 0.391. The SMILES string of the molecule is COc1cc(-n2cnnn2)c(Cl)cc1C(=O)NCc1ccc(N(C)C2CCCCC2)cc1. The summed E-state index contributed by atoms with van der Waals surface area (Å²) >= 11 is 6.37. The number of tetrazole rings is 1. The molecule has 1 aliphatic carbocycles. The van der Waals surface area contributed by atoms with Crippen LogP contribution in [0.4, 0.5) is 5.69 Å². The van der Waals surface area contributed by atoms with Crippen molar-refractivity contribution < 1.29 is 9.53 Å². The number of benzene rings is 2. The molecule has 0 spiro atoms. The zero-order chi connectivity index (χ0) is 22.5. The van der Waals surface area contributed by atoms with Crippen molar-refractivity contribution in [1.29, 1.82) is 0 Å². The van der Waals surface area contributed by atoms with E-state index in [0.717, 1.165) is 5.56 Å². The van der Waals surface area contributed by atoms with Crippen molar-refractivity contribution in [2.24, 2.45) is 0 Å². The Morgan fingerprint density at radius 2 is 1.97 bits per heavy atom. The molecule has 8 nitrogen and oxygen atoms in total. The van der Waals surface area contributed by atoms with Gasteiger partial charge in [0.15, 0.2) is 0 Å². The van der Waals surface area contributed by atoms with Crippen LogP contribution in [0.5, 0.6) is 5.75 Å². The smallest absolute Gasteiger partial charge is 0.255 e. The zero-order valence-electron chi connectivity index (χ0n) is 18.3. The molecule has 32 heavy (non-hydrogen) atoms. The summed E-state index contributed by atoms with van der Waals surface area (Å²) in [6, 6.07) is 12.2. The van der Waals surface area contributed by atoms with Crippen LogP contribution in [0.3, 0.4) is 0 Å². The highest BCUT2D eigenvalue weighted by Crippen LogP contribution is 2.29. The van der Waals surface area contributed by atoms with Gasteiger partial charge in [0.25, 0.3) is 5.91 Å². The molecule has 1 amide bonds. The predicted molar refractivity (Wildman–Crippen MR) is 124 cm³/mol. The number of hydrogen-bond acceptors (Lipinski definition) is 6. The molecule has 0 aliphatic heterocycles. The third-order valence-electron chi connectivity index (χ3n) is 6.03. The van der Waals surface area contributed by atoms with Gasteiger partial charge in [0, 0.05) is 31.4 Å². The number of anilines is 1. The molecule has 1 heterocycles. The van der Waals surface area contributed by atoms with Gasteiger partial charge in [-0.05, 0) is 47.0 Å². The van der Waals surface area contributed by atoms with Crippen LogP contribution in [-0.2, 0) is 6.54 Å². The lowest BCUT2D eigenvalue weighted by Crippen LogP contribution is -2.33. The van der Waals surface area contributed by atoms with E-state index < -0.39 is 0 Å². The number of nitrogens with one attached hydrogen (secondary N) is 1. The number of methoxy groups -OCH3 is 1. The summed E-state index contributed by atoms with van der Waals surface area (Å²) in [5.41, 5.74) is 3.11. The minimum absolute atomic E-state index is 0.268. The highest BCUT2D eigenvalue weighted by molar-refractivity contribution is 6.33. The van der Waals surface area contributed by atoms with Crippen LogP contribution in [0.2, 0.25) is 5.02 Å². The van der Waals surface area contributed by atoms with Gasteiger partial charge in [0.05, 0.1) is 23.4 Å². The summed E-state index contributed by atoms with van der Waals surface area (Å²) in [5, 5.41) is 14.3. The number of carbonyl (C=O) groups excluding carboxylic acids is 1. The lowest BCUT2D eigenvalue weighted by molar-refractivity contribution is 0.0948. The first kappa shape index (κ1) is 22.1. The van der Waals surface area contributed by atoms with Gasteiger partial charge < -0.3 is 15.0 Å². The van der Waals surface area contributed by atoms with Crippen LogP contribution >= 0.6 is 11.6 Å². The maximum Gasteiger partial charge on any atom is 0.255 e. The molecule has 4 rings (SSSR count). The van der Waals surface area contributed by atoms with Gasteiger partial charge in [-0.2, -0.15) is 4.68 Å². The number of aromatic nitrogens is 4. The van der Waals surface area contributed by atoms with E-state index in [1.165, 1.54) is 55.9 Å². The van der Waals surface area contributed by atoms with E-state index in [-0.39, 0.29) is 5.91 Å². The fourth-order valence-electron chi connectivity index (χ4n) is 4.14. The molecule has 0 atom stereocenters. The highest BCUT2D eigenvalue weighted by Gasteiger charge is 2.19. The number of nitrogens with zero attached hydrogens (tertiary/aromatic N) is 5. The Kier molecular flexibility index (Phi) is 6.90. The Hall–Kier alpha value is -3.13. The molecule has 3 aromatic rings. The Morgan fingerprint density at radius 3 is 2.62 bits per heavy atom. The monoisotopic (exact) mass is 454 g/mol. The normalized spacial score (nSPS) is 14.2. The van der Waals surface area contributed by atoms with Crippen molar-refractivity contribution in [3.05, 3.63) is 58.9 Å². The first-order valence-corrected chi connectivity index (χ1v) is 11.2. The average Bonchev–Trinajstić information content (AvgIpc) is 3.37. The topological polar surface area (TPSA) is 85.2 Å². The lowest BCUT2D eigenvalue weighted by Gasteiger charge is -2.33. The van der Waals surface area contributed by atoms with Crippen LogP contribution in [0.25, 0.3) is 5.69 Å². The minimum atomic E-state index is -0.268. The van der Waals surface area contributed by atoms with Gasteiger partial charge in [-0.1, -0.05) is 43.0 Å². The Bertz CT molecular complexity index is 1050. The van der Waals surface area contributed by atoms with Gasteiger partial charge in [-0.25, -0.2) is 0 Å². The van der Waals surface area contributed by atoms with Gasteiger partial charge in [0.2, 0.25) is 0 Å². The van der Waals surface area contributed by atoms with Crippen molar-refractivity contribution in [3.8, 4) is 11.4 Å². The third kappa shape index (κ3) is 4.85. The van der Waals surface area contributed by atoms with E-state index in [1.54, 1.807) is 12.1 Å². The number of hydrogen-bond donors (Lipinski definition) is 1. The summed E-state index contributed by atoms with van der Waals surface area (Å²) in [6.45, 7) is 0.405. The van der Waals surface area contributed by atoms with Crippen LogP contribution in [0, 0.1) is 0 Å². The second-order valence-corrected chi connectivity index (χ2v) is 8.42. The molecule has 1 saturated carbocycles. The van der Waals surface area contributed by atoms with Crippen molar-refractivity contribution >= 4 is 23.2 Å². The van der Waals surface area contributed by atoms with Crippen LogP contribution < -0.4 is 15.0 Å². The Labute approximate surface area is 192 Å². The lowest BCUT2D eigenvalue weighted by atomic mass is 9.94. The molecule has 168 valence electrons. The summed E-state index contributed by atoms with van der Waals surface area (Å²) in [4.78, 5) is 15.2. The van der Waals surface area contributed by atoms with Crippen LogP contribution in [0.15, 0.2) is 42.7 Å². The standard InChI is InChI=1S/C23H27ClN6O2/c1-29(17-6-4-3-5-7-17)18-10-8-16(9-11-18)14-25-23(31)19-12-20(24)21(13-22(19)32-2)30-15-26-27-28-30/h8-13,15,17H,3-7,14H2,1-2H3,(H,25,31). The molecule has 0 unspecified atom stereocenters. The number of halogens is 1. The predicted octanol–water partition coefficient (Wildman–Crippen LogP) is 4.02. The molecule has 1 aromatic heterocycles. The van der Waals surface area contributed by atoms with E-state index in [4.69, 9.17) is 16.3 Å². The maximum atomic E-state index is 12.8. The number of carbonyl (C=O) groups is 1. The molecular weight excluding hydrogens is 428 g/mol. The van der Waals surface area contributed by atoms with Crippen molar-refractivity contribution in [1.82, 2.24) is 25.5 Å². The first-order chi connectivity index (χ1) is 15.6. The Balaban J connectivity index is 1.41. The van der Waals surface area contributed by atoms with Crippen molar-refractivity contribution in [2.75, 3.05) is 19.1 Å². The third-order valence-corrected chi connectivity index (χ3v) is 6.33. The van der Waals surface area contributed by atoms with E-state index in [1.807, 2.05) is 0 Å². The van der Waals surface area contributed by atoms with Crippen LogP contribution in [-0.4, -0.2) is 46.3 Å². The van der Waals surface area contributed by atoms with E-state index >= 15 is 0 Å². The molecule has 2 aromatic carbocycles. The molecule has 9 heteroatoms. The second-order valence-electron chi connectivity index (χ2n) is 8.01. The molecule has 0 saturated heterocycles. The molecular formula is C23H27ClN6O2. The van der Waals surface area contributed by atoms with Gasteiger partial charge >= 0.3 is 0 Å². The van der Waals surface area contributed by atoms with Crippen LogP contribution in [0.1, 0.15) is 48.0 Å². The zero-order valence-corrected chi connectivity index (χ0v) is 19.0. The summed E-state index contributed by atoms with van der Waals surface area (Å²) in [6.07, 6.45) is 7.90. The quantitative estimate of drug-likeness (QED) is 0.580. The highest BCUT2D eigenvalue weighted by atomic mass is 35.5.